The number of phenols is 2. The standard InChI is InChI=1S/C19H12Cl4O5S/c20-12-3-1-2-10(8-12)19(29(26,27)28,11-4-7-15(24)16(25)9-11)17-13(21)5-6-14(22)18(17)23/h1-9,24-25H,(H,26,27,28). The molecule has 0 saturated heterocycles. The zero-order valence-corrected chi connectivity index (χ0v) is 18.1. The molecule has 3 rings (SSSR count). The molecule has 0 spiro atoms. The predicted molar refractivity (Wildman–Crippen MR) is 114 cm³/mol. The van der Waals surface area contributed by atoms with Crippen LogP contribution in [0.2, 0.25) is 20.1 Å². The second kappa shape index (κ2) is 7.87. The molecule has 0 bridgehead atoms. The van der Waals surface area contributed by atoms with Crippen molar-refractivity contribution in [1.29, 1.82) is 0 Å². The lowest BCUT2D eigenvalue weighted by Gasteiger charge is -2.34. The first-order valence-electron chi connectivity index (χ1n) is 7.89. The van der Waals surface area contributed by atoms with Gasteiger partial charge in [-0.1, -0.05) is 64.6 Å². The van der Waals surface area contributed by atoms with Gasteiger partial charge < -0.3 is 10.2 Å². The van der Waals surface area contributed by atoms with Crippen LogP contribution in [-0.4, -0.2) is 23.2 Å². The molecular formula is C19H12Cl4O5S. The van der Waals surface area contributed by atoms with Crippen molar-refractivity contribution < 1.29 is 23.2 Å². The maximum atomic E-state index is 13.0. The summed E-state index contributed by atoms with van der Waals surface area (Å²) in [4.78, 5) is 0. The third-order valence-corrected chi connectivity index (χ3v) is 7.20. The molecule has 3 N–H and O–H groups in total. The minimum absolute atomic E-state index is 0.0101. The molecule has 0 aliphatic rings. The molecule has 1 unspecified atom stereocenters. The molecular weight excluding hydrogens is 482 g/mol. The predicted octanol–water partition coefficient (Wildman–Crippen LogP) is 5.89. The Kier molecular flexibility index (Phi) is 5.98. The minimum atomic E-state index is -5.07. The van der Waals surface area contributed by atoms with Gasteiger partial charge in [0.2, 0.25) is 0 Å². The molecule has 0 heterocycles. The summed E-state index contributed by atoms with van der Waals surface area (Å²) in [5.74, 6) is -1.11. The Morgan fingerprint density at radius 2 is 1.38 bits per heavy atom. The van der Waals surface area contributed by atoms with Gasteiger partial charge in [-0.15, -0.1) is 0 Å². The molecule has 5 nitrogen and oxygen atoms in total. The summed E-state index contributed by atoms with van der Waals surface area (Å²) in [5.41, 5.74) is -0.393. The molecule has 3 aromatic carbocycles. The first-order chi connectivity index (χ1) is 13.5. The zero-order chi connectivity index (χ0) is 21.6. The fraction of sp³-hybridized carbons (Fsp3) is 0.0526. The van der Waals surface area contributed by atoms with Crippen molar-refractivity contribution >= 4 is 56.5 Å². The van der Waals surface area contributed by atoms with Crippen molar-refractivity contribution in [2.24, 2.45) is 0 Å². The smallest absolute Gasteiger partial charge is 0.283 e. The molecule has 0 aliphatic carbocycles. The van der Waals surface area contributed by atoms with Gasteiger partial charge in [-0.25, -0.2) is 0 Å². The first-order valence-corrected chi connectivity index (χ1v) is 10.8. The van der Waals surface area contributed by atoms with E-state index >= 15 is 0 Å². The molecule has 0 aliphatic heterocycles. The van der Waals surface area contributed by atoms with E-state index in [4.69, 9.17) is 46.4 Å². The van der Waals surface area contributed by atoms with E-state index in [0.29, 0.717) is 0 Å². The van der Waals surface area contributed by atoms with Gasteiger partial charge in [0.15, 0.2) is 16.2 Å². The largest absolute Gasteiger partial charge is 0.504 e. The molecule has 0 aromatic heterocycles. The quantitative estimate of drug-likeness (QED) is 0.182. The molecule has 0 saturated carbocycles. The lowest BCUT2D eigenvalue weighted by atomic mass is 9.83. The number of hydrogen-bond donors (Lipinski definition) is 3. The maximum Gasteiger partial charge on any atom is 0.283 e. The van der Waals surface area contributed by atoms with Crippen LogP contribution in [0.4, 0.5) is 0 Å². The normalized spacial score (nSPS) is 13.8. The van der Waals surface area contributed by atoms with E-state index < -0.39 is 26.4 Å². The lowest BCUT2D eigenvalue weighted by Crippen LogP contribution is -2.39. The number of benzene rings is 3. The van der Waals surface area contributed by atoms with E-state index in [2.05, 4.69) is 0 Å². The highest BCUT2D eigenvalue weighted by Crippen LogP contribution is 2.51. The van der Waals surface area contributed by atoms with Gasteiger partial charge in [0.05, 0.1) is 10.0 Å². The van der Waals surface area contributed by atoms with Crippen LogP contribution in [0.15, 0.2) is 54.6 Å². The van der Waals surface area contributed by atoms with Gasteiger partial charge in [-0.2, -0.15) is 8.42 Å². The second-order valence-corrected chi connectivity index (χ2v) is 9.28. The average Bonchev–Trinajstić information content (AvgIpc) is 2.63. The van der Waals surface area contributed by atoms with E-state index in [0.717, 1.165) is 12.1 Å². The third kappa shape index (κ3) is 3.65. The monoisotopic (exact) mass is 492 g/mol. The van der Waals surface area contributed by atoms with Crippen LogP contribution >= 0.6 is 46.4 Å². The Morgan fingerprint density at radius 1 is 0.759 bits per heavy atom. The van der Waals surface area contributed by atoms with Gasteiger partial charge in [0, 0.05) is 15.6 Å². The maximum absolute atomic E-state index is 13.0. The Balaban J connectivity index is 2.63. The van der Waals surface area contributed by atoms with Gasteiger partial charge in [-0.3, -0.25) is 4.55 Å². The van der Waals surface area contributed by atoms with Crippen molar-refractivity contribution in [2.45, 2.75) is 4.75 Å². The van der Waals surface area contributed by atoms with E-state index in [1.807, 2.05) is 0 Å². The number of rotatable bonds is 4. The van der Waals surface area contributed by atoms with Crippen LogP contribution in [0.25, 0.3) is 0 Å². The van der Waals surface area contributed by atoms with E-state index in [9.17, 15) is 23.2 Å². The summed E-state index contributed by atoms with van der Waals surface area (Å²) >= 11 is 24.9. The van der Waals surface area contributed by atoms with Crippen molar-refractivity contribution in [1.82, 2.24) is 0 Å². The summed E-state index contributed by atoms with van der Waals surface area (Å²) in [5, 5.41) is 19.6. The van der Waals surface area contributed by atoms with Crippen LogP contribution in [0.5, 0.6) is 11.5 Å². The first kappa shape index (κ1) is 22.0. The molecule has 29 heavy (non-hydrogen) atoms. The van der Waals surface area contributed by atoms with Crippen molar-refractivity contribution in [3.63, 3.8) is 0 Å². The summed E-state index contributed by atoms with van der Waals surface area (Å²) in [6.45, 7) is 0. The Morgan fingerprint density at radius 3 is 1.97 bits per heavy atom. The molecule has 0 amide bonds. The lowest BCUT2D eigenvalue weighted by molar-refractivity contribution is 0.402. The SMILES string of the molecule is O=S(=O)(O)C(c1cccc(Cl)c1)(c1ccc(O)c(O)c1)c1c(Cl)ccc(Cl)c1Cl. The highest BCUT2D eigenvalue weighted by Gasteiger charge is 2.51. The van der Waals surface area contributed by atoms with Crippen LogP contribution in [0.1, 0.15) is 16.7 Å². The fourth-order valence-electron chi connectivity index (χ4n) is 3.18. The molecule has 10 heteroatoms. The van der Waals surface area contributed by atoms with E-state index in [-0.39, 0.29) is 36.8 Å². The van der Waals surface area contributed by atoms with Crippen molar-refractivity contribution in [3.8, 4) is 11.5 Å². The number of phenolic OH excluding ortho intramolecular Hbond substituents is 2. The molecule has 0 fully saturated rings. The van der Waals surface area contributed by atoms with E-state index in [1.54, 1.807) is 0 Å². The van der Waals surface area contributed by atoms with Crippen molar-refractivity contribution in [3.05, 3.63) is 91.4 Å². The second-order valence-electron chi connectivity index (χ2n) is 6.09. The number of halogens is 4. The van der Waals surface area contributed by atoms with Crippen LogP contribution < -0.4 is 0 Å². The van der Waals surface area contributed by atoms with Crippen LogP contribution in [-0.2, 0) is 14.9 Å². The fourth-order valence-corrected chi connectivity index (χ4v) is 5.62. The third-order valence-electron chi connectivity index (χ3n) is 4.40. The Hall–Kier alpha value is -1.67. The summed E-state index contributed by atoms with van der Waals surface area (Å²) in [6.07, 6.45) is 0. The molecule has 3 aromatic rings. The van der Waals surface area contributed by atoms with Gasteiger partial charge >= 0.3 is 0 Å². The molecule has 0 radical (unpaired) electrons. The summed E-state index contributed by atoms with van der Waals surface area (Å²) in [6, 6.07) is 11.7. The summed E-state index contributed by atoms with van der Waals surface area (Å²) < 4.78 is 34.1. The molecule has 1 atom stereocenters. The van der Waals surface area contributed by atoms with Crippen LogP contribution in [0.3, 0.4) is 0 Å². The van der Waals surface area contributed by atoms with Gasteiger partial charge in [0.25, 0.3) is 10.1 Å². The molecule has 152 valence electrons. The topological polar surface area (TPSA) is 94.8 Å². The van der Waals surface area contributed by atoms with Crippen LogP contribution in [0, 0.1) is 0 Å². The average molecular weight is 494 g/mol. The highest BCUT2D eigenvalue weighted by molar-refractivity contribution is 7.87. The van der Waals surface area contributed by atoms with E-state index in [1.165, 1.54) is 42.5 Å². The minimum Gasteiger partial charge on any atom is -0.504 e. The van der Waals surface area contributed by atoms with Gasteiger partial charge in [0.1, 0.15) is 0 Å². The van der Waals surface area contributed by atoms with Crippen molar-refractivity contribution in [2.75, 3.05) is 0 Å². The summed E-state index contributed by atoms with van der Waals surface area (Å²) in [7, 11) is -5.07. The van der Waals surface area contributed by atoms with Gasteiger partial charge in [-0.05, 0) is 47.5 Å². The Bertz CT molecular complexity index is 1210. The number of aromatic hydroxyl groups is 2. The highest BCUT2D eigenvalue weighted by atomic mass is 35.5. The zero-order valence-electron chi connectivity index (χ0n) is 14.3. The number of hydrogen-bond acceptors (Lipinski definition) is 4. The Labute approximate surface area is 186 Å².